The maximum atomic E-state index is 13.1. The van der Waals surface area contributed by atoms with E-state index in [2.05, 4.69) is 31.2 Å². The number of rotatable bonds is 18. The summed E-state index contributed by atoms with van der Waals surface area (Å²) < 4.78 is 66.5. The molecule has 2 aromatic carbocycles. The summed E-state index contributed by atoms with van der Waals surface area (Å²) in [6.07, 6.45) is 8.37. The van der Waals surface area contributed by atoms with Crippen molar-refractivity contribution >= 4 is 54.5 Å². The van der Waals surface area contributed by atoms with Gasteiger partial charge in [0.25, 0.3) is 31.9 Å². The molecule has 68 heavy (non-hydrogen) atoms. The molecule has 2 aliphatic rings. The predicted molar refractivity (Wildman–Crippen MR) is 263 cm³/mol. The number of pyridine rings is 2. The summed E-state index contributed by atoms with van der Waals surface area (Å²) in [5.41, 5.74) is 3.07. The highest BCUT2D eigenvalue weighted by atomic mass is 32.3. The Hall–Kier alpha value is -5.58. The van der Waals surface area contributed by atoms with E-state index in [0.717, 1.165) is 53.2 Å². The lowest BCUT2D eigenvalue weighted by atomic mass is 10.1. The molecule has 4 aromatic heterocycles. The summed E-state index contributed by atoms with van der Waals surface area (Å²) in [7, 11) is -4.00. The Morgan fingerprint density at radius 1 is 0.603 bits per heavy atom. The van der Waals surface area contributed by atoms with Crippen LogP contribution in [0.5, 0.6) is 11.5 Å². The van der Waals surface area contributed by atoms with Crippen LogP contribution >= 0.6 is 22.7 Å². The fraction of sp³-hybridized carbons (Fsp3) is 0.333. The molecule has 6 heterocycles. The van der Waals surface area contributed by atoms with Gasteiger partial charge >= 0.3 is 0 Å². The predicted octanol–water partition coefficient (Wildman–Crippen LogP) is 6.05. The summed E-state index contributed by atoms with van der Waals surface area (Å²) in [6, 6.07) is 30.8. The summed E-state index contributed by atoms with van der Waals surface area (Å²) in [5.74, 6) is 0.732. The molecule has 4 N–H and O–H groups in total. The Kier molecular flexibility index (Phi) is 17.8. The van der Waals surface area contributed by atoms with Crippen molar-refractivity contribution in [3.63, 3.8) is 0 Å². The standard InChI is InChI=1S/2C24H28N4O4S2/c1-32-21-6-2-5-19(14-21)24(29)27-17-22-7-8-23(33-22)34(30,31)28-12-9-20(10-13-28)26-16-18-4-3-11-25-15-18;1-32-21-7-4-5-18(15-21)24(29)27-17-22-8-9-23(33-22)34(30,31)28-13-10-19(11-14-28)26-16-20-6-2-3-12-25-20/h2-8,11,14-15,20,26H,9-10,12-13,16-17H2,1H3,(H,27,29);2-9,12,15,19,26H,10-11,13-14,16-17H2,1H3,(H,27,29). The second kappa shape index (κ2) is 24.1. The third-order valence-corrected chi connectivity index (χ3v) is 18.4. The molecule has 2 fully saturated rings. The fourth-order valence-electron chi connectivity index (χ4n) is 7.62. The first-order valence-corrected chi connectivity index (χ1v) is 26.7. The van der Waals surface area contributed by atoms with Gasteiger partial charge in [-0.05, 0) is 110 Å². The average molecular weight is 1000 g/mol. The van der Waals surface area contributed by atoms with E-state index in [1.54, 1.807) is 108 Å². The summed E-state index contributed by atoms with van der Waals surface area (Å²) in [4.78, 5) is 34.8. The lowest BCUT2D eigenvalue weighted by molar-refractivity contribution is 0.0943. The maximum absolute atomic E-state index is 13.1. The Bertz CT molecular complexity index is 2600. The summed E-state index contributed by atoms with van der Waals surface area (Å²) in [6.45, 7) is 3.82. The molecule has 0 spiro atoms. The second-order valence-electron chi connectivity index (χ2n) is 16.1. The molecule has 20 heteroatoms. The van der Waals surface area contributed by atoms with Crippen LogP contribution in [0.4, 0.5) is 0 Å². The van der Waals surface area contributed by atoms with Crippen LogP contribution in [0.1, 0.15) is 67.4 Å². The van der Waals surface area contributed by atoms with E-state index in [0.29, 0.717) is 63.8 Å². The first-order valence-electron chi connectivity index (χ1n) is 22.2. The molecular formula is C48H56N8O8S4. The quantitative estimate of drug-likeness (QED) is 0.0779. The van der Waals surface area contributed by atoms with Crippen LogP contribution in [0.2, 0.25) is 0 Å². The number of hydrogen-bond donors (Lipinski definition) is 4. The molecule has 360 valence electrons. The van der Waals surface area contributed by atoms with Gasteiger partial charge in [-0.25, -0.2) is 16.8 Å². The van der Waals surface area contributed by atoms with Crippen LogP contribution in [0.3, 0.4) is 0 Å². The number of amides is 2. The number of benzene rings is 2. The third kappa shape index (κ3) is 13.8. The Labute approximate surface area is 406 Å². The van der Waals surface area contributed by atoms with Crippen molar-refractivity contribution < 1.29 is 35.9 Å². The van der Waals surface area contributed by atoms with Gasteiger partial charge in [0.1, 0.15) is 19.9 Å². The number of nitrogens with one attached hydrogen (secondary N) is 4. The lowest BCUT2D eigenvalue weighted by Gasteiger charge is -2.31. The lowest BCUT2D eigenvalue weighted by Crippen LogP contribution is -2.44. The van der Waals surface area contributed by atoms with Crippen molar-refractivity contribution in [3.05, 3.63) is 154 Å². The molecule has 2 saturated heterocycles. The van der Waals surface area contributed by atoms with Gasteiger partial charge in [-0.15, -0.1) is 22.7 Å². The topological polar surface area (TPSA) is 201 Å². The van der Waals surface area contributed by atoms with Gasteiger partial charge in [-0.3, -0.25) is 19.6 Å². The largest absolute Gasteiger partial charge is 0.497 e. The zero-order valence-corrected chi connectivity index (χ0v) is 41.1. The molecule has 2 aliphatic heterocycles. The monoisotopic (exact) mass is 1000 g/mol. The van der Waals surface area contributed by atoms with Crippen LogP contribution in [-0.4, -0.2) is 99.7 Å². The highest BCUT2D eigenvalue weighted by molar-refractivity contribution is 7.91. The summed E-state index contributed by atoms with van der Waals surface area (Å²) >= 11 is 2.39. The van der Waals surface area contributed by atoms with Crippen molar-refractivity contribution in [2.45, 2.75) is 72.4 Å². The molecule has 16 nitrogen and oxygen atoms in total. The molecule has 0 atom stereocenters. The van der Waals surface area contributed by atoms with Crippen LogP contribution in [-0.2, 0) is 46.2 Å². The molecule has 2 amide bonds. The van der Waals surface area contributed by atoms with Gasteiger partial charge in [0.15, 0.2) is 0 Å². The van der Waals surface area contributed by atoms with E-state index in [4.69, 9.17) is 9.47 Å². The number of nitrogens with zero attached hydrogens (tertiary/aromatic N) is 4. The van der Waals surface area contributed by atoms with E-state index in [1.807, 2.05) is 36.5 Å². The van der Waals surface area contributed by atoms with Crippen LogP contribution in [0.25, 0.3) is 0 Å². The van der Waals surface area contributed by atoms with E-state index < -0.39 is 20.0 Å². The molecule has 0 saturated carbocycles. The van der Waals surface area contributed by atoms with Crippen molar-refractivity contribution in [3.8, 4) is 11.5 Å². The molecule has 0 radical (unpaired) electrons. The van der Waals surface area contributed by atoms with Crippen LogP contribution < -0.4 is 30.7 Å². The number of aromatic nitrogens is 2. The molecule has 8 rings (SSSR count). The van der Waals surface area contributed by atoms with Crippen LogP contribution in [0, 0.1) is 0 Å². The highest BCUT2D eigenvalue weighted by Crippen LogP contribution is 2.29. The Morgan fingerprint density at radius 3 is 1.57 bits per heavy atom. The van der Waals surface area contributed by atoms with E-state index >= 15 is 0 Å². The molecule has 0 aliphatic carbocycles. The molecule has 6 aromatic rings. The SMILES string of the molecule is COc1cccc(C(=O)NCc2ccc(S(=O)(=O)N3CCC(NCc4ccccn4)CC3)s2)c1.COc1cccc(C(=O)NCc2ccc(S(=O)(=O)N3CCC(NCc4cccnc4)CC3)s2)c1. The van der Waals surface area contributed by atoms with Crippen LogP contribution in [0.15, 0.2) is 130 Å². The molecular weight excluding hydrogens is 945 g/mol. The fourth-order valence-corrected chi connectivity index (χ4v) is 13.5. The maximum Gasteiger partial charge on any atom is 0.252 e. The molecule has 0 unspecified atom stereocenters. The van der Waals surface area contributed by atoms with E-state index in [9.17, 15) is 26.4 Å². The Morgan fingerprint density at radius 2 is 1.12 bits per heavy atom. The first kappa shape index (κ1) is 50.3. The van der Waals surface area contributed by atoms with E-state index in [-0.39, 0.29) is 37.0 Å². The number of methoxy groups -OCH3 is 2. The van der Waals surface area contributed by atoms with Gasteiger partial charge in [0, 0.05) is 90.8 Å². The highest BCUT2D eigenvalue weighted by Gasteiger charge is 2.32. The smallest absolute Gasteiger partial charge is 0.252 e. The van der Waals surface area contributed by atoms with Gasteiger partial charge in [-0.1, -0.05) is 24.3 Å². The number of piperidine rings is 2. The second-order valence-corrected chi connectivity index (χ2v) is 22.7. The third-order valence-electron chi connectivity index (χ3n) is 11.5. The van der Waals surface area contributed by atoms with Crippen molar-refractivity contribution in [2.75, 3.05) is 40.4 Å². The van der Waals surface area contributed by atoms with Crippen molar-refractivity contribution in [1.29, 1.82) is 0 Å². The normalized spacial score (nSPS) is 15.2. The van der Waals surface area contributed by atoms with E-state index in [1.165, 1.54) is 22.7 Å². The zero-order chi connectivity index (χ0) is 47.9. The first-order chi connectivity index (χ1) is 32.9. The van der Waals surface area contributed by atoms with Gasteiger partial charge in [0.2, 0.25) is 0 Å². The minimum atomic E-state index is -3.55. The molecule has 0 bridgehead atoms. The minimum absolute atomic E-state index is 0.238. The van der Waals surface area contributed by atoms with Gasteiger partial charge < -0.3 is 30.7 Å². The number of carbonyl (C=O) groups is 2. The number of ether oxygens (including phenoxy) is 2. The van der Waals surface area contributed by atoms with Crippen molar-refractivity contribution in [2.24, 2.45) is 0 Å². The van der Waals surface area contributed by atoms with Gasteiger partial charge in [-0.2, -0.15) is 8.61 Å². The number of sulfonamides is 2. The zero-order valence-electron chi connectivity index (χ0n) is 37.9. The summed E-state index contributed by atoms with van der Waals surface area (Å²) in [5, 5.41) is 12.6. The number of thiophene rings is 2. The van der Waals surface area contributed by atoms with Crippen molar-refractivity contribution in [1.82, 2.24) is 39.8 Å². The number of carbonyl (C=O) groups excluding carboxylic acids is 2. The number of hydrogen-bond acceptors (Lipinski definition) is 14. The minimum Gasteiger partial charge on any atom is -0.497 e. The van der Waals surface area contributed by atoms with Gasteiger partial charge in [0.05, 0.1) is 33.0 Å². The average Bonchev–Trinajstić information content (AvgIpc) is 4.09. The Balaban J connectivity index is 0.000000201.